The van der Waals surface area contributed by atoms with Crippen LogP contribution in [-0.2, 0) is 28.7 Å². The molecule has 1 aromatic heterocycles. The van der Waals surface area contributed by atoms with Crippen molar-refractivity contribution in [2.75, 3.05) is 12.5 Å². The Labute approximate surface area is 184 Å². The minimum Gasteiger partial charge on any atom is -0.472 e. The van der Waals surface area contributed by atoms with E-state index in [4.69, 9.17) is 25.5 Å². The van der Waals surface area contributed by atoms with Crippen LogP contribution in [0.3, 0.4) is 0 Å². The molecule has 1 aromatic rings. The van der Waals surface area contributed by atoms with Crippen molar-refractivity contribution in [2.45, 2.75) is 51.2 Å². The summed E-state index contributed by atoms with van der Waals surface area (Å²) in [6.45, 7) is 2.47. The Morgan fingerprint density at radius 3 is 2.68 bits per heavy atom. The van der Waals surface area contributed by atoms with Crippen LogP contribution in [0.4, 0.5) is 0 Å². The van der Waals surface area contributed by atoms with Crippen molar-refractivity contribution >= 4 is 35.1 Å². The zero-order valence-electron chi connectivity index (χ0n) is 17.4. The molecule has 1 spiro atoms. The number of ketones is 2. The molecule has 3 fully saturated rings. The van der Waals surface area contributed by atoms with Crippen molar-refractivity contribution in [2.24, 2.45) is 22.7 Å². The van der Waals surface area contributed by atoms with Crippen molar-refractivity contribution in [1.29, 1.82) is 0 Å². The van der Waals surface area contributed by atoms with E-state index in [1.165, 1.54) is 19.5 Å². The molecule has 0 amide bonds. The number of ether oxygens (including phenoxy) is 2. The summed E-state index contributed by atoms with van der Waals surface area (Å²) >= 11 is 6.09. The van der Waals surface area contributed by atoms with Crippen LogP contribution in [0, 0.1) is 22.7 Å². The molecule has 0 bridgehead atoms. The van der Waals surface area contributed by atoms with Crippen molar-refractivity contribution in [3.8, 4) is 0 Å². The average Bonchev–Trinajstić information content (AvgIpc) is 3.36. The van der Waals surface area contributed by atoms with Gasteiger partial charge in [-0.25, -0.2) is 0 Å². The fraction of sp³-hybridized carbons (Fsp3) is 0.636. The van der Waals surface area contributed by atoms with E-state index < -0.39 is 70.4 Å². The van der Waals surface area contributed by atoms with Gasteiger partial charge in [-0.05, 0) is 24.3 Å². The lowest BCUT2D eigenvalue weighted by Crippen LogP contribution is -2.73. The second-order valence-electron chi connectivity index (χ2n) is 8.98. The van der Waals surface area contributed by atoms with Gasteiger partial charge in [0.2, 0.25) is 0 Å². The van der Waals surface area contributed by atoms with E-state index in [1.54, 1.807) is 6.07 Å². The van der Waals surface area contributed by atoms with E-state index in [0.717, 1.165) is 0 Å². The third-order valence-electron chi connectivity index (χ3n) is 7.71. The van der Waals surface area contributed by atoms with E-state index >= 15 is 0 Å². The summed E-state index contributed by atoms with van der Waals surface area (Å²) in [4.78, 5) is 51.5. The number of furan rings is 1. The van der Waals surface area contributed by atoms with Crippen LogP contribution >= 0.6 is 11.6 Å². The second kappa shape index (κ2) is 7.45. The van der Waals surface area contributed by atoms with Gasteiger partial charge in [0, 0.05) is 31.7 Å². The van der Waals surface area contributed by atoms with Gasteiger partial charge in [0.05, 0.1) is 23.8 Å². The molecule has 3 aliphatic rings. The lowest BCUT2D eigenvalue weighted by atomic mass is 9.42. The van der Waals surface area contributed by atoms with Gasteiger partial charge in [0.25, 0.3) is 0 Å². The minimum atomic E-state index is -2.24. The fourth-order valence-corrected chi connectivity index (χ4v) is 6.47. The number of esters is 2. The van der Waals surface area contributed by atoms with Crippen LogP contribution in [-0.4, -0.2) is 46.7 Å². The van der Waals surface area contributed by atoms with Crippen molar-refractivity contribution in [3.05, 3.63) is 24.2 Å². The zero-order chi connectivity index (χ0) is 22.6. The van der Waals surface area contributed by atoms with Gasteiger partial charge in [-0.2, -0.15) is 0 Å². The molecular weight excluding hydrogens is 428 g/mol. The SMILES string of the molecule is CC(=O)OCC12C(=O)CC(C)C3(CC(c4ccoc4)OC3=O)C1CCC(=O)C2(O)CCl. The number of halogens is 1. The standard InChI is InChI=1S/C22H25ClO8/c1-12-7-18(26)21(11-30-13(2)24)16(3-4-17(25)22(21,28)10-23)20(12)8-15(31-19(20)27)14-5-6-29-9-14/h5-6,9,12,15-16,28H,3-4,7-8,10-11H2,1-2H3. The highest BCUT2D eigenvalue weighted by molar-refractivity contribution is 6.21. The summed E-state index contributed by atoms with van der Waals surface area (Å²) in [6, 6.07) is 1.71. The maximum atomic E-state index is 13.5. The van der Waals surface area contributed by atoms with Crippen molar-refractivity contribution in [3.63, 3.8) is 0 Å². The van der Waals surface area contributed by atoms with E-state index in [-0.39, 0.29) is 25.7 Å². The molecule has 1 aliphatic heterocycles. The molecule has 0 radical (unpaired) electrons. The Bertz CT molecular complexity index is 926. The van der Waals surface area contributed by atoms with Gasteiger partial charge in [-0.3, -0.25) is 19.2 Å². The number of hydrogen-bond acceptors (Lipinski definition) is 8. The van der Waals surface area contributed by atoms with E-state index in [9.17, 15) is 24.3 Å². The highest BCUT2D eigenvalue weighted by atomic mass is 35.5. The molecule has 1 saturated heterocycles. The number of carbonyl (C=O) groups is 4. The smallest absolute Gasteiger partial charge is 0.313 e. The maximum Gasteiger partial charge on any atom is 0.313 e. The molecule has 2 aliphatic carbocycles. The number of fused-ring (bicyclic) bond motifs is 2. The summed E-state index contributed by atoms with van der Waals surface area (Å²) in [5.74, 6) is -3.86. The van der Waals surface area contributed by atoms with Gasteiger partial charge < -0.3 is 19.0 Å². The fourth-order valence-electron chi connectivity index (χ4n) is 6.09. The van der Waals surface area contributed by atoms with E-state index in [2.05, 4.69) is 0 Å². The van der Waals surface area contributed by atoms with Gasteiger partial charge in [-0.15, -0.1) is 11.6 Å². The highest BCUT2D eigenvalue weighted by Crippen LogP contribution is 2.66. The van der Waals surface area contributed by atoms with Crippen LogP contribution in [0.15, 0.2) is 23.0 Å². The van der Waals surface area contributed by atoms with Crippen molar-refractivity contribution in [1.82, 2.24) is 0 Å². The first-order valence-corrected chi connectivity index (χ1v) is 10.9. The first kappa shape index (κ1) is 22.0. The topological polar surface area (TPSA) is 120 Å². The number of hydrogen-bond donors (Lipinski definition) is 1. The van der Waals surface area contributed by atoms with E-state index in [0.29, 0.717) is 5.56 Å². The number of carbonyl (C=O) groups excluding carboxylic acids is 4. The predicted molar refractivity (Wildman–Crippen MR) is 106 cm³/mol. The van der Waals surface area contributed by atoms with Crippen LogP contribution in [0.1, 0.15) is 51.2 Å². The van der Waals surface area contributed by atoms with Crippen LogP contribution in [0.2, 0.25) is 0 Å². The second-order valence-corrected chi connectivity index (χ2v) is 9.25. The molecule has 168 valence electrons. The molecular formula is C22H25ClO8. The number of rotatable bonds is 4. The number of alkyl halides is 1. The summed E-state index contributed by atoms with van der Waals surface area (Å²) in [5.41, 5.74) is -4.51. The van der Waals surface area contributed by atoms with Crippen molar-refractivity contribution < 1.29 is 38.2 Å². The molecule has 2 heterocycles. The Balaban J connectivity index is 1.87. The van der Waals surface area contributed by atoms with Gasteiger partial charge >= 0.3 is 11.9 Å². The largest absolute Gasteiger partial charge is 0.472 e. The van der Waals surface area contributed by atoms with Gasteiger partial charge in [-0.1, -0.05) is 6.92 Å². The molecule has 1 N–H and O–H groups in total. The Morgan fingerprint density at radius 2 is 2.06 bits per heavy atom. The molecule has 9 heteroatoms. The molecule has 0 aromatic carbocycles. The normalized spacial score (nSPS) is 40.0. The van der Waals surface area contributed by atoms with E-state index in [1.807, 2.05) is 6.92 Å². The lowest BCUT2D eigenvalue weighted by molar-refractivity contribution is -0.213. The van der Waals surface area contributed by atoms with Crippen LogP contribution in [0.5, 0.6) is 0 Å². The Kier molecular flexibility index (Phi) is 5.29. The summed E-state index contributed by atoms with van der Waals surface area (Å²) in [6.07, 6.45) is 2.75. The number of aliphatic hydroxyl groups is 1. The molecule has 2 saturated carbocycles. The monoisotopic (exact) mass is 452 g/mol. The summed E-state index contributed by atoms with van der Waals surface area (Å²) < 4.78 is 16.1. The van der Waals surface area contributed by atoms with Crippen LogP contribution < -0.4 is 0 Å². The quantitative estimate of drug-likeness (QED) is 0.546. The van der Waals surface area contributed by atoms with Gasteiger partial charge in [0.15, 0.2) is 11.4 Å². The minimum absolute atomic E-state index is 0.0406. The highest BCUT2D eigenvalue weighted by Gasteiger charge is 2.75. The molecule has 6 atom stereocenters. The predicted octanol–water partition coefficient (Wildman–Crippen LogP) is 2.36. The first-order valence-electron chi connectivity index (χ1n) is 10.3. The third kappa shape index (κ3) is 2.84. The number of cyclic esters (lactones) is 1. The zero-order valence-corrected chi connectivity index (χ0v) is 18.1. The maximum absolute atomic E-state index is 13.5. The molecule has 31 heavy (non-hydrogen) atoms. The first-order chi connectivity index (χ1) is 14.6. The average molecular weight is 453 g/mol. The summed E-state index contributed by atoms with van der Waals surface area (Å²) in [7, 11) is 0. The summed E-state index contributed by atoms with van der Waals surface area (Å²) in [5, 5.41) is 11.5. The number of Topliss-reactive ketones (excluding diaryl/α,β-unsaturated/α-hetero) is 2. The third-order valence-corrected chi connectivity index (χ3v) is 8.10. The Hall–Kier alpha value is -2.19. The lowest BCUT2D eigenvalue weighted by Gasteiger charge is -2.59. The van der Waals surface area contributed by atoms with Crippen LogP contribution in [0.25, 0.3) is 0 Å². The Morgan fingerprint density at radius 1 is 1.32 bits per heavy atom. The molecule has 4 rings (SSSR count). The van der Waals surface area contributed by atoms with Gasteiger partial charge in [0.1, 0.15) is 23.9 Å². The molecule has 6 unspecified atom stereocenters. The molecule has 8 nitrogen and oxygen atoms in total.